The molecule has 0 amide bonds. The average molecular weight is 292 g/mol. The maximum Gasteiger partial charge on any atom is 0.313 e. The van der Waals surface area contributed by atoms with Crippen LogP contribution in [0.25, 0.3) is 5.69 Å². The lowest BCUT2D eigenvalue weighted by Gasteiger charge is -2.15. The molecule has 20 heavy (non-hydrogen) atoms. The first-order valence-corrected chi connectivity index (χ1v) is 7.02. The second kappa shape index (κ2) is 5.96. The molecule has 1 aromatic heterocycles. The molecule has 0 spiro atoms. The van der Waals surface area contributed by atoms with Crippen molar-refractivity contribution in [2.24, 2.45) is 0 Å². The molecule has 0 bridgehead atoms. The predicted octanol–water partition coefficient (Wildman–Crippen LogP) is 1.82. The Labute approximate surface area is 121 Å². The minimum absolute atomic E-state index is 0.0362. The van der Waals surface area contributed by atoms with Gasteiger partial charge in [0.05, 0.1) is 11.4 Å². The average Bonchev–Trinajstić information content (AvgIpc) is 2.77. The Morgan fingerprint density at radius 3 is 2.80 bits per heavy atom. The number of aryl methyl sites for hydroxylation is 1. The molecule has 106 valence electrons. The van der Waals surface area contributed by atoms with Crippen molar-refractivity contribution >= 4 is 23.4 Å². The zero-order valence-corrected chi connectivity index (χ0v) is 12.4. The number of carboxylic acids is 1. The Morgan fingerprint density at radius 2 is 2.15 bits per heavy atom. The number of anilines is 1. The Hall–Kier alpha value is -2.02. The van der Waals surface area contributed by atoms with Crippen LogP contribution in [0.3, 0.4) is 0 Å². The highest BCUT2D eigenvalue weighted by molar-refractivity contribution is 7.99. The van der Waals surface area contributed by atoms with Gasteiger partial charge in [-0.3, -0.25) is 9.36 Å². The summed E-state index contributed by atoms with van der Waals surface area (Å²) in [7, 11) is 3.94. The summed E-state index contributed by atoms with van der Waals surface area (Å²) >= 11 is 1.16. The van der Waals surface area contributed by atoms with Crippen molar-refractivity contribution in [2.75, 3.05) is 24.7 Å². The molecule has 1 aromatic carbocycles. The van der Waals surface area contributed by atoms with Gasteiger partial charge in [0.2, 0.25) is 0 Å². The number of thioether (sulfide) groups is 1. The van der Waals surface area contributed by atoms with E-state index in [1.165, 1.54) is 0 Å². The summed E-state index contributed by atoms with van der Waals surface area (Å²) in [6.07, 6.45) is 0. The lowest BCUT2D eigenvalue weighted by atomic mass is 10.2. The summed E-state index contributed by atoms with van der Waals surface area (Å²) < 4.78 is 1.86. The number of hydrogen-bond acceptors (Lipinski definition) is 5. The third-order valence-corrected chi connectivity index (χ3v) is 3.64. The van der Waals surface area contributed by atoms with Crippen molar-refractivity contribution in [3.63, 3.8) is 0 Å². The maximum absolute atomic E-state index is 10.7. The van der Waals surface area contributed by atoms with Gasteiger partial charge in [-0.1, -0.05) is 17.8 Å². The van der Waals surface area contributed by atoms with Crippen molar-refractivity contribution in [3.05, 3.63) is 30.1 Å². The Balaban J connectivity index is 2.38. The van der Waals surface area contributed by atoms with E-state index in [-0.39, 0.29) is 5.75 Å². The summed E-state index contributed by atoms with van der Waals surface area (Å²) in [5.41, 5.74) is 1.98. The molecule has 1 heterocycles. The van der Waals surface area contributed by atoms with Crippen LogP contribution in [0.5, 0.6) is 0 Å². The lowest BCUT2D eigenvalue weighted by molar-refractivity contribution is -0.133. The van der Waals surface area contributed by atoms with Gasteiger partial charge in [-0.2, -0.15) is 0 Å². The number of aromatic nitrogens is 3. The molecule has 2 aromatic rings. The third-order valence-electron chi connectivity index (χ3n) is 2.72. The van der Waals surface area contributed by atoms with E-state index in [1.807, 2.05) is 54.8 Å². The zero-order chi connectivity index (χ0) is 14.7. The van der Waals surface area contributed by atoms with Crippen LogP contribution in [0, 0.1) is 6.92 Å². The monoisotopic (exact) mass is 292 g/mol. The molecule has 0 fully saturated rings. The number of nitrogens with zero attached hydrogens (tertiary/aromatic N) is 4. The number of carboxylic acid groups (broad SMARTS) is 1. The molecule has 1 N–H and O–H groups in total. The van der Waals surface area contributed by atoms with Crippen molar-refractivity contribution in [1.29, 1.82) is 0 Å². The number of rotatable bonds is 5. The van der Waals surface area contributed by atoms with Crippen LogP contribution >= 0.6 is 11.8 Å². The van der Waals surface area contributed by atoms with Gasteiger partial charge in [0.15, 0.2) is 5.16 Å². The van der Waals surface area contributed by atoms with Crippen LogP contribution in [0.2, 0.25) is 0 Å². The normalized spacial score (nSPS) is 10.6. The van der Waals surface area contributed by atoms with E-state index >= 15 is 0 Å². The van der Waals surface area contributed by atoms with Gasteiger partial charge in [0, 0.05) is 19.8 Å². The molecule has 0 saturated heterocycles. The van der Waals surface area contributed by atoms with Gasteiger partial charge in [-0.05, 0) is 25.1 Å². The molecule has 0 saturated carbocycles. The Bertz CT molecular complexity index is 625. The molecule has 6 nitrogen and oxygen atoms in total. The molecule has 0 unspecified atom stereocenters. The van der Waals surface area contributed by atoms with Crippen molar-refractivity contribution in [2.45, 2.75) is 12.1 Å². The van der Waals surface area contributed by atoms with Gasteiger partial charge >= 0.3 is 5.97 Å². The largest absolute Gasteiger partial charge is 0.481 e. The van der Waals surface area contributed by atoms with Crippen LogP contribution in [-0.2, 0) is 4.79 Å². The quantitative estimate of drug-likeness (QED) is 0.848. The second-order valence-corrected chi connectivity index (χ2v) is 5.40. The van der Waals surface area contributed by atoms with E-state index in [0.717, 1.165) is 29.0 Å². The van der Waals surface area contributed by atoms with Gasteiger partial charge in [0.25, 0.3) is 0 Å². The first-order valence-electron chi connectivity index (χ1n) is 6.03. The van der Waals surface area contributed by atoms with Crippen LogP contribution < -0.4 is 4.90 Å². The second-order valence-electron chi connectivity index (χ2n) is 4.46. The Kier molecular flexibility index (Phi) is 4.29. The fourth-order valence-corrected chi connectivity index (χ4v) is 2.49. The summed E-state index contributed by atoms with van der Waals surface area (Å²) in [6.45, 7) is 1.85. The molecule has 0 radical (unpaired) electrons. The van der Waals surface area contributed by atoms with E-state index in [1.54, 1.807) is 0 Å². The molecule has 0 atom stereocenters. The van der Waals surface area contributed by atoms with Crippen molar-refractivity contribution < 1.29 is 9.90 Å². The number of hydrogen-bond donors (Lipinski definition) is 1. The summed E-state index contributed by atoms with van der Waals surface area (Å²) in [4.78, 5) is 12.7. The molecule has 0 aliphatic carbocycles. The number of carbonyl (C=O) groups is 1. The minimum atomic E-state index is -0.871. The van der Waals surface area contributed by atoms with Crippen molar-refractivity contribution in [3.8, 4) is 5.69 Å². The van der Waals surface area contributed by atoms with Gasteiger partial charge in [0.1, 0.15) is 5.82 Å². The fraction of sp³-hybridized carbons (Fsp3) is 0.308. The highest BCUT2D eigenvalue weighted by Crippen LogP contribution is 2.24. The smallest absolute Gasteiger partial charge is 0.313 e. The van der Waals surface area contributed by atoms with E-state index < -0.39 is 5.97 Å². The van der Waals surface area contributed by atoms with Gasteiger partial charge in [-0.25, -0.2) is 0 Å². The molecule has 0 aliphatic rings. The van der Waals surface area contributed by atoms with Crippen LogP contribution in [0.15, 0.2) is 29.4 Å². The van der Waals surface area contributed by atoms with Crippen molar-refractivity contribution in [1.82, 2.24) is 14.8 Å². The van der Waals surface area contributed by atoms with E-state index in [0.29, 0.717) is 5.16 Å². The van der Waals surface area contributed by atoms with E-state index in [9.17, 15) is 4.79 Å². The molecule has 7 heteroatoms. The highest BCUT2D eigenvalue weighted by atomic mass is 32.2. The van der Waals surface area contributed by atoms with Gasteiger partial charge < -0.3 is 10.0 Å². The highest BCUT2D eigenvalue weighted by Gasteiger charge is 2.13. The van der Waals surface area contributed by atoms with E-state index in [4.69, 9.17) is 5.11 Å². The molecule has 2 rings (SSSR count). The van der Waals surface area contributed by atoms with E-state index in [2.05, 4.69) is 10.2 Å². The topological polar surface area (TPSA) is 71.2 Å². The minimum Gasteiger partial charge on any atom is -0.481 e. The first-order chi connectivity index (χ1) is 9.49. The summed E-state index contributed by atoms with van der Waals surface area (Å²) in [5, 5.41) is 17.4. The number of aliphatic carboxylic acids is 1. The van der Waals surface area contributed by atoms with Crippen LogP contribution in [0.1, 0.15) is 5.82 Å². The zero-order valence-electron chi connectivity index (χ0n) is 11.6. The Morgan fingerprint density at radius 1 is 1.40 bits per heavy atom. The maximum atomic E-state index is 10.7. The standard InChI is InChI=1S/C13H16N4O2S/c1-9-14-15-13(20-8-12(18)19)17(9)11-6-4-5-10(7-11)16(2)3/h4-7H,8H2,1-3H3,(H,18,19). The fourth-order valence-electron chi connectivity index (χ4n) is 1.77. The molecular formula is C13H16N4O2S. The predicted molar refractivity (Wildman–Crippen MR) is 78.8 cm³/mol. The number of benzene rings is 1. The first kappa shape index (κ1) is 14.4. The lowest BCUT2D eigenvalue weighted by Crippen LogP contribution is -2.09. The SMILES string of the molecule is Cc1nnc(SCC(=O)O)n1-c1cccc(N(C)C)c1. The van der Waals surface area contributed by atoms with Crippen LogP contribution in [-0.4, -0.2) is 45.7 Å². The molecular weight excluding hydrogens is 276 g/mol. The van der Waals surface area contributed by atoms with Crippen LogP contribution in [0.4, 0.5) is 5.69 Å². The summed E-state index contributed by atoms with van der Waals surface area (Å²) in [5.74, 6) is -0.177. The third kappa shape index (κ3) is 3.11. The molecule has 0 aliphatic heterocycles. The van der Waals surface area contributed by atoms with Gasteiger partial charge in [-0.15, -0.1) is 10.2 Å². The summed E-state index contributed by atoms with van der Waals surface area (Å²) in [6, 6.07) is 7.93.